The SMILES string of the molecule is CCCC(NC(=O)CCc1c(C)c2cc3c(C)c(C)oc3cc2oc1=O)C(=O)NC(Cc1ccc(Cl)cc1)C(=O)O. The molecule has 9 nitrogen and oxygen atoms in total. The molecule has 2 unspecified atom stereocenters. The lowest BCUT2D eigenvalue weighted by Gasteiger charge is -2.21. The van der Waals surface area contributed by atoms with E-state index in [0.29, 0.717) is 40.2 Å². The van der Waals surface area contributed by atoms with Gasteiger partial charge in [-0.15, -0.1) is 0 Å². The third kappa shape index (κ3) is 6.79. The Labute approximate surface area is 241 Å². The first kappa shape index (κ1) is 29.9. The van der Waals surface area contributed by atoms with Crippen molar-refractivity contribution in [2.24, 2.45) is 0 Å². The van der Waals surface area contributed by atoms with Crippen LogP contribution in [0.25, 0.3) is 21.9 Å². The molecule has 2 heterocycles. The second-order valence-corrected chi connectivity index (χ2v) is 10.7. The van der Waals surface area contributed by atoms with Gasteiger partial charge in [-0.3, -0.25) is 9.59 Å². The predicted octanol–water partition coefficient (Wildman–Crippen LogP) is 5.15. The smallest absolute Gasteiger partial charge is 0.339 e. The normalized spacial score (nSPS) is 12.8. The highest BCUT2D eigenvalue weighted by molar-refractivity contribution is 6.30. The van der Waals surface area contributed by atoms with E-state index in [2.05, 4.69) is 10.6 Å². The van der Waals surface area contributed by atoms with Crippen LogP contribution >= 0.6 is 11.6 Å². The zero-order valence-electron chi connectivity index (χ0n) is 23.4. The number of hydrogen-bond donors (Lipinski definition) is 3. The number of amides is 2. The van der Waals surface area contributed by atoms with E-state index >= 15 is 0 Å². The first-order valence-corrected chi connectivity index (χ1v) is 13.9. The van der Waals surface area contributed by atoms with Gasteiger partial charge in [-0.1, -0.05) is 37.1 Å². The lowest BCUT2D eigenvalue weighted by Crippen LogP contribution is -2.52. The van der Waals surface area contributed by atoms with E-state index in [0.717, 1.165) is 27.7 Å². The molecule has 2 atom stereocenters. The summed E-state index contributed by atoms with van der Waals surface area (Å²) in [5.74, 6) is -1.42. The molecule has 2 aromatic carbocycles. The molecule has 2 aromatic heterocycles. The van der Waals surface area contributed by atoms with Crippen molar-refractivity contribution in [3.63, 3.8) is 0 Å². The summed E-state index contributed by atoms with van der Waals surface area (Å²) in [6.07, 6.45) is 1.03. The average Bonchev–Trinajstić information content (AvgIpc) is 3.20. The van der Waals surface area contributed by atoms with Gasteiger partial charge in [-0.2, -0.15) is 0 Å². The standard InChI is InChI=1S/C31H33ClN2O7/c1-5-6-24(29(36)34-25(30(37)38)13-19-7-9-20(32)10-8-19)33-28(35)12-11-21-17(3)23-14-22-16(2)18(4)40-26(22)15-27(23)41-31(21)39/h7-10,14-15,24-25H,5-6,11-13H2,1-4H3,(H,33,35)(H,34,36)(H,37,38). The fourth-order valence-electron chi connectivity index (χ4n) is 4.91. The summed E-state index contributed by atoms with van der Waals surface area (Å²) in [5, 5.41) is 17.1. The number of carboxylic acid groups (broad SMARTS) is 1. The maximum Gasteiger partial charge on any atom is 0.339 e. The molecule has 0 saturated heterocycles. The van der Waals surface area contributed by atoms with Gasteiger partial charge in [0.25, 0.3) is 0 Å². The van der Waals surface area contributed by atoms with Gasteiger partial charge in [0.1, 0.15) is 29.0 Å². The minimum atomic E-state index is -1.19. The molecule has 2 amide bonds. The van der Waals surface area contributed by atoms with Crippen molar-refractivity contribution in [2.75, 3.05) is 0 Å². The molecule has 216 valence electrons. The number of fused-ring (bicyclic) bond motifs is 2. The summed E-state index contributed by atoms with van der Waals surface area (Å²) >= 11 is 5.90. The highest BCUT2D eigenvalue weighted by Crippen LogP contribution is 2.31. The largest absolute Gasteiger partial charge is 0.480 e. The molecule has 4 rings (SSSR count). The van der Waals surface area contributed by atoms with Crippen LogP contribution in [0.5, 0.6) is 0 Å². The molecular formula is C31H33ClN2O7. The number of furan rings is 1. The van der Waals surface area contributed by atoms with Gasteiger partial charge >= 0.3 is 11.6 Å². The summed E-state index contributed by atoms with van der Waals surface area (Å²) in [6.45, 7) is 7.52. The van der Waals surface area contributed by atoms with Crippen LogP contribution < -0.4 is 16.3 Å². The number of halogens is 1. The monoisotopic (exact) mass is 580 g/mol. The summed E-state index contributed by atoms with van der Waals surface area (Å²) < 4.78 is 11.3. The van der Waals surface area contributed by atoms with Crippen LogP contribution in [0.15, 0.2) is 50.0 Å². The fourth-order valence-corrected chi connectivity index (χ4v) is 5.03. The molecule has 41 heavy (non-hydrogen) atoms. The molecular weight excluding hydrogens is 548 g/mol. The lowest BCUT2D eigenvalue weighted by atomic mass is 10.00. The third-order valence-electron chi connectivity index (χ3n) is 7.38. The van der Waals surface area contributed by atoms with Crippen LogP contribution in [0.3, 0.4) is 0 Å². The summed E-state index contributed by atoms with van der Waals surface area (Å²) in [5.41, 5.74) is 3.33. The molecule has 0 spiro atoms. The Morgan fingerprint density at radius 3 is 2.24 bits per heavy atom. The second kappa shape index (κ2) is 12.6. The Balaban J connectivity index is 1.45. The van der Waals surface area contributed by atoms with Gasteiger partial charge in [-0.05, 0) is 68.5 Å². The van der Waals surface area contributed by atoms with Gasteiger partial charge in [0.15, 0.2) is 0 Å². The number of aryl methyl sites for hydroxylation is 3. The second-order valence-electron chi connectivity index (χ2n) is 10.3. The van der Waals surface area contributed by atoms with Crippen LogP contribution in [0.4, 0.5) is 0 Å². The van der Waals surface area contributed by atoms with Gasteiger partial charge in [0, 0.05) is 40.3 Å². The number of rotatable bonds is 11. The molecule has 10 heteroatoms. The Hall–Kier alpha value is -4.11. The van der Waals surface area contributed by atoms with E-state index in [1.165, 1.54) is 0 Å². The van der Waals surface area contributed by atoms with Crippen LogP contribution in [0.2, 0.25) is 5.02 Å². The zero-order valence-corrected chi connectivity index (χ0v) is 24.2. The highest BCUT2D eigenvalue weighted by atomic mass is 35.5. The lowest BCUT2D eigenvalue weighted by molar-refractivity contribution is -0.142. The summed E-state index contributed by atoms with van der Waals surface area (Å²) in [7, 11) is 0. The quantitative estimate of drug-likeness (QED) is 0.209. The van der Waals surface area contributed by atoms with Crippen LogP contribution in [-0.2, 0) is 27.2 Å². The van der Waals surface area contributed by atoms with Crippen molar-refractivity contribution in [2.45, 2.75) is 71.9 Å². The van der Waals surface area contributed by atoms with Gasteiger partial charge in [0.2, 0.25) is 11.8 Å². The molecule has 0 fully saturated rings. The minimum absolute atomic E-state index is 0.0518. The molecule has 0 saturated carbocycles. The third-order valence-corrected chi connectivity index (χ3v) is 7.63. The molecule has 0 bridgehead atoms. The first-order chi connectivity index (χ1) is 19.5. The van der Waals surface area contributed by atoms with Crippen molar-refractivity contribution >= 4 is 51.3 Å². The van der Waals surface area contributed by atoms with Crippen LogP contribution in [0, 0.1) is 20.8 Å². The van der Waals surface area contributed by atoms with E-state index < -0.39 is 35.5 Å². The molecule has 0 radical (unpaired) electrons. The summed E-state index contributed by atoms with van der Waals surface area (Å²) in [6, 6.07) is 8.23. The Bertz CT molecular complexity index is 1670. The predicted molar refractivity (Wildman–Crippen MR) is 156 cm³/mol. The summed E-state index contributed by atoms with van der Waals surface area (Å²) in [4.78, 5) is 50.6. The molecule has 4 aromatic rings. The van der Waals surface area contributed by atoms with E-state index in [1.807, 2.05) is 33.8 Å². The number of hydrogen-bond acceptors (Lipinski definition) is 6. The molecule has 0 aliphatic rings. The molecule has 3 N–H and O–H groups in total. The maximum atomic E-state index is 13.0. The number of aliphatic carboxylic acids is 1. The number of benzene rings is 2. The number of nitrogens with one attached hydrogen (secondary N) is 2. The Morgan fingerprint density at radius 2 is 1.59 bits per heavy atom. The Morgan fingerprint density at radius 1 is 0.927 bits per heavy atom. The molecule has 0 aliphatic heterocycles. The first-order valence-electron chi connectivity index (χ1n) is 13.5. The van der Waals surface area contributed by atoms with Crippen LogP contribution in [0.1, 0.15) is 54.2 Å². The Kier molecular flexibility index (Phi) is 9.18. The van der Waals surface area contributed by atoms with E-state index in [4.69, 9.17) is 20.4 Å². The topological polar surface area (TPSA) is 139 Å². The number of carbonyl (C=O) groups is 3. The van der Waals surface area contributed by atoms with Gasteiger partial charge in [0.05, 0.1) is 0 Å². The highest BCUT2D eigenvalue weighted by Gasteiger charge is 2.26. The van der Waals surface area contributed by atoms with Crippen molar-refractivity contribution in [3.8, 4) is 0 Å². The fraction of sp³-hybridized carbons (Fsp3) is 0.355. The zero-order chi connectivity index (χ0) is 29.8. The van der Waals surface area contributed by atoms with Crippen molar-refractivity contribution in [3.05, 3.63) is 79.9 Å². The van der Waals surface area contributed by atoms with Gasteiger partial charge < -0.3 is 24.6 Å². The van der Waals surface area contributed by atoms with E-state index in [1.54, 1.807) is 30.3 Å². The van der Waals surface area contributed by atoms with E-state index in [9.17, 15) is 24.3 Å². The van der Waals surface area contributed by atoms with Gasteiger partial charge in [-0.25, -0.2) is 9.59 Å². The number of carboxylic acids is 1. The maximum absolute atomic E-state index is 13.0. The minimum Gasteiger partial charge on any atom is -0.480 e. The van der Waals surface area contributed by atoms with Crippen molar-refractivity contribution < 1.29 is 28.3 Å². The average molecular weight is 581 g/mol. The van der Waals surface area contributed by atoms with Crippen LogP contribution in [-0.4, -0.2) is 35.0 Å². The van der Waals surface area contributed by atoms with Crippen molar-refractivity contribution in [1.82, 2.24) is 10.6 Å². The van der Waals surface area contributed by atoms with Crippen molar-refractivity contribution in [1.29, 1.82) is 0 Å². The van der Waals surface area contributed by atoms with E-state index in [-0.39, 0.29) is 19.3 Å². The molecule has 0 aliphatic carbocycles. The number of carbonyl (C=O) groups excluding carboxylic acids is 2.